The van der Waals surface area contributed by atoms with Gasteiger partial charge in [-0.1, -0.05) is 25.6 Å². The van der Waals surface area contributed by atoms with Crippen LogP contribution in [0.2, 0.25) is 0 Å². The molecule has 0 radical (unpaired) electrons. The van der Waals surface area contributed by atoms with Crippen molar-refractivity contribution in [2.24, 2.45) is 0 Å². The van der Waals surface area contributed by atoms with E-state index < -0.39 is 0 Å². The van der Waals surface area contributed by atoms with E-state index in [-0.39, 0.29) is 11.7 Å². The second kappa shape index (κ2) is 6.02. The molecule has 0 aliphatic heterocycles. The second-order valence-electron chi connectivity index (χ2n) is 4.41. The third-order valence-electron chi connectivity index (χ3n) is 2.53. The van der Waals surface area contributed by atoms with Crippen LogP contribution in [-0.4, -0.2) is 17.0 Å². The molecule has 1 aromatic carbocycles. The lowest BCUT2D eigenvalue weighted by Gasteiger charge is -2.09. The van der Waals surface area contributed by atoms with Gasteiger partial charge in [-0.05, 0) is 24.3 Å². The third kappa shape index (κ3) is 3.67. The maximum Gasteiger partial charge on any atom is 0.134 e. The van der Waals surface area contributed by atoms with Gasteiger partial charge in [0.25, 0.3) is 0 Å². The van der Waals surface area contributed by atoms with E-state index in [0.717, 1.165) is 21.6 Å². The van der Waals surface area contributed by atoms with Crippen LogP contribution in [0.4, 0.5) is 10.2 Å². The lowest BCUT2D eigenvalue weighted by Crippen LogP contribution is -2.02. The molecule has 1 N–H and O–H groups in total. The molecule has 3 nitrogen and oxygen atoms in total. The molecule has 2 aromatic rings. The molecule has 5 heteroatoms. The van der Waals surface area contributed by atoms with Crippen LogP contribution in [0, 0.1) is 5.82 Å². The highest BCUT2D eigenvalue weighted by Gasteiger charge is 2.08. The van der Waals surface area contributed by atoms with Gasteiger partial charge in [-0.3, -0.25) is 0 Å². The first-order chi connectivity index (χ1) is 9.08. The molecule has 0 saturated carbocycles. The number of aromatic nitrogens is 2. The molecule has 0 atom stereocenters. The Morgan fingerprint density at radius 3 is 2.42 bits per heavy atom. The zero-order valence-corrected chi connectivity index (χ0v) is 12.0. The average Bonchev–Trinajstić information content (AvgIpc) is 2.41. The normalized spacial score (nSPS) is 10.8. The lowest BCUT2D eigenvalue weighted by molar-refractivity contribution is 0.626. The van der Waals surface area contributed by atoms with Crippen molar-refractivity contribution >= 4 is 17.6 Å². The Labute approximate surface area is 116 Å². The molecule has 0 aliphatic rings. The molecule has 0 bridgehead atoms. The topological polar surface area (TPSA) is 37.8 Å². The highest BCUT2D eigenvalue weighted by molar-refractivity contribution is 7.99. The first-order valence-electron chi connectivity index (χ1n) is 6.08. The van der Waals surface area contributed by atoms with E-state index in [0.29, 0.717) is 0 Å². The van der Waals surface area contributed by atoms with E-state index in [1.807, 2.05) is 13.1 Å². The zero-order chi connectivity index (χ0) is 13.8. The summed E-state index contributed by atoms with van der Waals surface area (Å²) in [5.74, 6) is 1.63. The summed E-state index contributed by atoms with van der Waals surface area (Å²) in [7, 11) is 1.83. The van der Waals surface area contributed by atoms with Gasteiger partial charge in [0.1, 0.15) is 22.5 Å². The van der Waals surface area contributed by atoms with Gasteiger partial charge in [-0.15, -0.1) is 0 Å². The summed E-state index contributed by atoms with van der Waals surface area (Å²) >= 11 is 1.50. The minimum absolute atomic E-state index is 0.231. The van der Waals surface area contributed by atoms with Gasteiger partial charge in [0.05, 0.1) is 0 Å². The van der Waals surface area contributed by atoms with Crippen LogP contribution in [-0.2, 0) is 0 Å². The van der Waals surface area contributed by atoms with Gasteiger partial charge < -0.3 is 5.32 Å². The Morgan fingerprint density at radius 2 is 1.84 bits per heavy atom. The average molecular weight is 277 g/mol. The van der Waals surface area contributed by atoms with E-state index in [1.54, 1.807) is 12.1 Å². The van der Waals surface area contributed by atoms with Crippen LogP contribution < -0.4 is 5.32 Å². The minimum atomic E-state index is -0.231. The van der Waals surface area contributed by atoms with Gasteiger partial charge in [-0.25, -0.2) is 14.4 Å². The second-order valence-corrected chi connectivity index (χ2v) is 5.50. The number of hydrogen-bond donors (Lipinski definition) is 1. The third-order valence-corrected chi connectivity index (χ3v) is 3.45. The van der Waals surface area contributed by atoms with Gasteiger partial charge >= 0.3 is 0 Å². The molecule has 0 aliphatic carbocycles. The molecule has 0 spiro atoms. The van der Waals surface area contributed by atoms with Crippen molar-refractivity contribution in [2.45, 2.75) is 29.7 Å². The molecular weight excluding hydrogens is 261 g/mol. The molecule has 100 valence electrons. The largest absolute Gasteiger partial charge is 0.373 e. The summed E-state index contributed by atoms with van der Waals surface area (Å²) < 4.78 is 12.9. The Morgan fingerprint density at radius 1 is 1.16 bits per heavy atom. The van der Waals surface area contributed by atoms with E-state index in [4.69, 9.17) is 0 Å². The van der Waals surface area contributed by atoms with Gasteiger partial charge in [0, 0.05) is 23.9 Å². The first-order valence-corrected chi connectivity index (χ1v) is 6.90. The fourth-order valence-electron chi connectivity index (χ4n) is 1.50. The number of nitrogens with zero attached hydrogens (tertiary/aromatic N) is 2. The Hall–Kier alpha value is -1.62. The van der Waals surface area contributed by atoms with Crippen molar-refractivity contribution in [3.05, 3.63) is 42.0 Å². The van der Waals surface area contributed by atoms with Gasteiger partial charge in [-0.2, -0.15) is 0 Å². The van der Waals surface area contributed by atoms with E-state index in [9.17, 15) is 4.39 Å². The number of benzene rings is 1. The Kier molecular flexibility index (Phi) is 4.37. The van der Waals surface area contributed by atoms with Crippen LogP contribution in [0.15, 0.2) is 40.3 Å². The molecule has 2 rings (SSSR count). The maximum atomic E-state index is 12.9. The lowest BCUT2D eigenvalue weighted by atomic mass is 10.2. The van der Waals surface area contributed by atoms with Crippen molar-refractivity contribution in [1.82, 2.24) is 9.97 Å². The minimum Gasteiger partial charge on any atom is -0.373 e. The zero-order valence-electron chi connectivity index (χ0n) is 11.1. The monoisotopic (exact) mass is 277 g/mol. The molecule has 19 heavy (non-hydrogen) atoms. The summed E-state index contributed by atoms with van der Waals surface area (Å²) in [4.78, 5) is 9.88. The molecule has 0 unspecified atom stereocenters. The van der Waals surface area contributed by atoms with Crippen LogP contribution in [0.3, 0.4) is 0 Å². The standard InChI is InChI=1S/C14H16FN3S/c1-9(2)14-17-12(16-3)8-13(18-14)19-11-6-4-10(15)5-7-11/h4-9H,1-3H3,(H,16,17,18). The van der Waals surface area contributed by atoms with Crippen LogP contribution in [0.25, 0.3) is 0 Å². The van der Waals surface area contributed by atoms with E-state index in [1.165, 1.54) is 23.9 Å². The smallest absolute Gasteiger partial charge is 0.134 e. The van der Waals surface area contributed by atoms with Crippen molar-refractivity contribution in [3.8, 4) is 0 Å². The summed E-state index contributed by atoms with van der Waals surface area (Å²) in [6, 6.07) is 8.28. The van der Waals surface area contributed by atoms with E-state index in [2.05, 4.69) is 29.1 Å². The molecule has 1 aromatic heterocycles. The Balaban J connectivity index is 2.28. The highest BCUT2D eigenvalue weighted by atomic mass is 32.2. The summed E-state index contributed by atoms with van der Waals surface area (Å²) in [5, 5.41) is 3.89. The fraction of sp³-hybridized carbons (Fsp3) is 0.286. The Bertz CT molecular complexity index is 555. The fourth-order valence-corrected chi connectivity index (χ4v) is 2.33. The number of halogens is 1. The number of nitrogens with one attached hydrogen (secondary N) is 1. The van der Waals surface area contributed by atoms with Crippen molar-refractivity contribution in [1.29, 1.82) is 0 Å². The number of anilines is 1. The number of rotatable bonds is 4. The molecule has 0 amide bonds. The van der Waals surface area contributed by atoms with Crippen LogP contribution in [0.1, 0.15) is 25.6 Å². The van der Waals surface area contributed by atoms with Crippen LogP contribution >= 0.6 is 11.8 Å². The van der Waals surface area contributed by atoms with Crippen LogP contribution in [0.5, 0.6) is 0 Å². The summed E-state index contributed by atoms with van der Waals surface area (Å²) in [5.41, 5.74) is 0. The summed E-state index contributed by atoms with van der Waals surface area (Å²) in [6.07, 6.45) is 0. The summed E-state index contributed by atoms with van der Waals surface area (Å²) in [6.45, 7) is 4.11. The molecule has 0 fully saturated rings. The number of hydrogen-bond acceptors (Lipinski definition) is 4. The molecule has 1 heterocycles. The first kappa shape index (κ1) is 13.8. The van der Waals surface area contributed by atoms with Gasteiger partial charge in [0.2, 0.25) is 0 Å². The quantitative estimate of drug-likeness (QED) is 0.859. The maximum absolute atomic E-state index is 12.9. The van der Waals surface area contributed by atoms with E-state index >= 15 is 0 Å². The van der Waals surface area contributed by atoms with Gasteiger partial charge in [0.15, 0.2) is 0 Å². The predicted molar refractivity (Wildman–Crippen MR) is 76.2 cm³/mol. The van der Waals surface area contributed by atoms with Crippen molar-refractivity contribution < 1.29 is 4.39 Å². The SMILES string of the molecule is CNc1cc(Sc2ccc(F)cc2)nc(C(C)C)n1. The highest BCUT2D eigenvalue weighted by Crippen LogP contribution is 2.28. The molecular formula is C14H16FN3S. The van der Waals surface area contributed by atoms with Crippen molar-refractivity contribution in [3.63, 3.8) is 0 Å². The van der Waals surface area contributed by atoms with Crippen molar-refractivity contribution in [2.75, 3.05) is 12.4 Å². The molecule has 0 saturated heterocycles. The predicted octanol–water partition coefficient (Wildman–Crippen LogP) is 3.93.